The van der Waals surface area contributed by atoms with Crippen LogP contribution in [0.1, 0.15) is 18.1 Å². The molecule has 0 radical (unpaired) electrons. The number of carbonyl (C=O) groups is 2. The summed E-state index contributed by atoms with van der Waals surface area (Å²) in [6.07, 6.45) is 0. The van der Waals surface area contributed by atoms with Crippen molar-refractivity contribution in [3.05, 3.63) is 23.3 Å². The maximum atomic E-state index is 12.0. The molecule has 1 amide bonds. The molecule has 0 spiro atoms. The van der Waals surface area contributed by atoms with Gasteiger partial charge in [0.2, 0.25) is 5.91 Å². The molecule has 19 heavy (non-hydrogen) atoms. The number of rotatable bonds is 4. The average Bonchev–Trinajstić information content (AvgIpc) is 2.38. The zero-order chi connectivity index (χ0) is 14.7. The molecule has 0 aliphatic carbocycles. The fraction of sp³-hybridized carbons (Fsp3) is 0.429. The van der Waals surface area contributed by atoms with Crippen LogP contribution >= 0.6 is 0 Å². The molecule has 0 aliphatic rings. The van der Waals surface area contributed by atoms with E-state index in [4.69, 9.17) is 9.84 Å². The van der Waals surface area contributed by atoms with Crippen LogP contribution in [0.4, 0.5) is 5.69 Å². The number of amides is 1. The van der Waals surface area contributed by atoms with Crippen LogP contribution in [0.15, 0.2) is 12.1 Å². The summed E-state index contributed by atoms with van der Waals surface area (Å²) in [5.74, 6) is -1.89. The number of hydrogen-bond acceptors (Lipinski definition) is 3. The van der Waals surface area contributed by atoms with Gasteiger partial charge in [-0.2, -0.15) is 0 Å². The van der Waals surface area contributed by atoms with Gasteiger partial charge in [0.05, 0.1) is 7.11 Å². The first kappa shape index (κ1) is 15.0. The number of aliphatic carboxylic acids is 1. The van der Waals surface area contributed by atoms with Crippen molar-refractivity contribution in [3.63, 3.8) is 0 Å². The first-order chi connectivity index (χ1) is 8.79. The second kappa shape index (κ2) is 5.73. The minimum atomic E-state index is -1.13. The van der Waals surface area contributed by atoms with E-state index in [0.717, 1.165) is 16.9 Å². The standard InChI is InChI=1S/C14H19NO4/c1-8-7-12(19-5)9(2)6-11(8)15(4)13(16)10(3)14(17)18/h6-7,10H,1-5H3,(H,17,18). The van der Waals surface area contributed by atoms with Crippen molar-refractivity contribution >= 4 is 17.6 Å². The molecule has 0 bridgehead atoms. The van der Waals surface area contributed by atoms with E-state index < -0.39 is 17.8 Å². The second-order valence-corrected chi connectivity index (χ2v) is 4.57. The van der Waals surface area contributed by atoms with Crippen molar-refractivity contribution in [1.29, 1.82) is 0 Å². The Morgan fingerprint density at radius 2 is 1.84 bits per heavy atom. The van der Waals surface area contributed by atoms with Crippen molar-refractivity contribution in [2.24, 2.45) is 5.92 Å². The molecule has 0 aliphatic heterocycles. The predicted octanol–water partition coefficient (Wildman–Crippen LogP) is 2.00. The zero-order valence-electron chi connectivity index (χ0n) is 11.9. The number of hydrogen-bond donors (Lipinski definition) is 1. The number of aryl methyl sites for hydroxylation is 2. The van der Waals surface area contributed by atoms with Gasteiger partial charge in [-0.05, 0) is 44.0 Å². The van der Waals surface area contributed by atoms with Gasteiger partial charge in [0.1, 0.15) is 11.7 Å². The van der Waals surface area contributed by atoms with E-state index in [2.05, 4.69) is 0 Å². The molecule has 0 aromatic heterocycles. The molecule has 0 heterocycles. The van der Waals surface area contributed by atoms with E-state index >= 15 is 0 Å². The Hall–Kier alpha value is -2.04. The number of anilines is 1. The van der Waals surface area contributed by atoms with Gasteiger partial charge < -0.3 is 14.7 Å². The molecular weight excluding hydrogens is 246 g/mol. The van der Waals surface area contributed by atoms with E-state index in [1.165, 1.54) is 11.8 Å². The largest absolute Gasteiger partial charge is 0.496 e. The third-order valence-electron chi connectivity index (χ3n) is 3.15. The number of carboxylic acid groups (broad SMARTS) is 1. The molecule has 1 rings (SSSR count). The Morgan fingerprint density at radius 3 is 2.32 bits per heavy atom. The normalized spacial score (nSPS) is 11.8. The third-order valence-corrected chi connectivity index (χ3v) is 3.15. The van der Waals surface area contributed by atoms with Gasteiger partial charge in [-0.25, -0.2) is 0 Å². The van der Waals surface area contributed by atoms with Crippen molar-refractivity contribution in [1.82, 2.24) is 0 Å². The van der Waals surface area contributed by atoms with Crippen LogP contribution in [0.5, 0.6) is 5.75 Å². The molecule has 0 fully saturated rings. The summed E-state index contributed by atoms with van der Waals surface area (Å²) in [7, 11) is 3.17. The monoisotopic (exact) mass is 265 g/mol. The van der Waals surface area contributed by atoms with E-state index in [9.17, 15) is 9.59 Å². The van der Waals surface area contributed by atoms with Crippen molar-refractivity contribution in [2.45, 2.75) is 20.8 Å². The number of carboxylic acids is 1. The Balaban J connectivity index is 3.13. The van der Waals surface area contributed by atoms with Crippen molar-refractivity contribution in [2.75, 3.05) is 19.1 Å². The summed E-state index contributed by atoms with van der Waals surface area (Å²) in [5, 5.41) is 8.89. The fourth-order valence-electron chi connectivity index (χ4n) is 1.87. The Morgan fingerprint density at radius 1 is 1.26 bits per heavy atom. The van der Waals surface area contributed by atoms with Gasteiger partial charge in [0, 0.05) is 12.7 Å². The first-order valence-electron chi connectivity index (χ1n) is 5.95. The molecular formula is C14H19NO4. The Kier molecular flexibility index (Phi) is 4.53. The summed E-state index contributed by atoms with van der Waals surface area (Å²) >= 11 is 0. The van der Waals surface area contributed by atoms with Gasteiger partial charge in [-0.3, -0.25) is 9.59 Å². The minimum Gasteiger partial charge on any atom is -0.496 e. The van der Waals surface area contributed by atoms with Crippen LogP contribution in [-0.2, 0) is 9.59 Å². The van der Waals surface area contributed by atoms with Crippen LogP contribution in [0.25, 0.3) is 0 Å². The summed E-state index contributed by atoms with van der Waals surface area (Å²) < 4.78 is 5.21. The number of benzene rings is 1. The van der Waals surface area contributed by atoms with Gasteiger partial charge in [0.25, 0.3) is 0 Å². The molecule has 1 aromatic carbocycles. The van der Waals surface area contributed by atoms with Gasteiger partial charge >= 0.3 is 5.97 Å². The lowest BCUT2D eigenvalue weighted by molar-refractivity contribution is -0.145. The van der Waals surface area contributed by atoms with Crippen LogP contribution in [0.2, 0.25) is 0 Å². The lowest BCUT2D eigenvalue weighted by Gasteiger charge is -2.22. The van der Waals surface area contributed by atoms with Crippen LogP contribution in [0.3, 0.4) is 0 Å². The lowest BCUT2D eigenvalue weighted by Crippen LogP contribution is -2.35. The second-order valence-electron chi connectivity index (χ2n) is 4.57. The molecule has 0 saturated heterocycles. The van der Waals surface area contributed by atoms with Crippen molar-refractivity contribution in [3.8, 4) is 5.75 Å². The quantitative estimate of drug-likeness (QED) is 0.845. The molecule has 104 valence electrons. The van der Waals surface area contributed by atoms with Crippen molar-refractivity contribution < 1.29 is 19.4 Å². The minimum absolute atomic E-state index is 0.444. The van der Waals surface area contributed by atoms with Gasteiger partial charge in [-0.15, -0.1) is 0 Å². The van der Waals surface area contributed by atoms with E-state index in [0.29, 0.717) is 5.69 Å². The Labute approximate surface area is 112 Å². The molecule has 1 aromatic rings. The lowest BCUT2D eigenvalue weighted by atomic mass is 10.1. The summed E-state index contributed by atoms with van der Waals surface area (Å²) in [5.41, 5.74) is 2.44. The summed E-state index contributed by atoms with van der Waals surface area (Å²) in [4.78, 5) is 24.3. The average molecular weight is 265 g/mol. The Bertz CT molecular complexity index is 510. The predicted molar refractivity (Wildman–Crippen MR) is 72.7 cm³/mol. The van der Waals surface area contributed by atoms with Crippen LogP contribution in [0, 0.1) is 19.8 Å². The fourth-order valence-corrected chi connectivity index (χ4v) is 1.87. The van der Waals surface area contributed by atoms with Gasteiger partial charge in [0.15, 0.2) is 0 Å². The molecule has 0 saturated carbocycles. The number of nitrogens with zero attached hydrogens (tertiary/aromatic N) is 1. The molecule has 5 nitrogen and oxygen atoms in total. The highest BCUT2D eigenvalue weighted by molar-refractivity contribution is 6.05. The smallest absolute Gasteiger partial charge is 0.315 e. The number of methoxy groups -OCH3 is 1. The molecule has 1 N–H and O–H groups in total. The summed E-state index contributed by atoms with van der Waals surface area (Å²) in [6, 6.07) is 3.65. The highest BCUT2D eigenvalue weighted by Crippen LogP contribution is 2.28. The highest BCUT2D eigenvalue weighted by atomic mass is 16.5. The number of ether oxygens (including phenoxy) is 1. The molecule has 1 unspecified atom stereocenters. The van der Waals surface area contributed by atoms with E-state index in [-0.39, 0.29) is 0 Å². The topological polar surface area (TPSA) is 66.8 Å². The zero-order valence-corrected chi connectivity index (χ0v) is 11.9. The van der Waals surface area contributed by atoms with E-state index in [1.54, 1.807) is 14.2 Å². The molecule has 5 heteroatoms. The third kappa shape index (κ3) is 3.05. The van der Waals surface area contributed by atoms with Crippen LogP contribution < -0.4 is 9.64 Å². The first-order valence-corrected chi connectivity index (χ1v) is 5.95. The molecule has 1 atom stereocenters. The van der Waals surface area contributed by atoms with Gasteiger partial charge in [-0.1, -0.05) is 0 Å². The maximum absolute atomic E-state index is 12.0. The maximum Gasteiger partial charge on any atom is 0.315 e. The van der Waals surface area contributed by atoms with Crippen LogP contribution in [-0.4, -0.2) is 31.1 Å². The number of carbonyl (C=O) groups excluding carboxylic acids is 1. The highest BCUT2D eigenvalue weighted by Gasteiger charge is 2.25. The van der Waals surface area contributed by atoms with E-state index in [1.807, 2.05) is 26.0 Å². The summed E-state index contributed by atoms with van der Waals surface area (Å²) in [6.45, 7) is 5.11. The SMILES string of the molecule is COc1cc(C)c(N(C)C(=O)C(C)C(=O)O)cc1C.